The van der Waals surface area contributed by atoms with Crippen molar-refractivity contribution in [2.24, 2.45) is 5.92 Å². The minimum absolute atomic E-state index is 0.0421. The molecule has 3 aromatic rings. The number of ether oxygens (including phenoxy) is 1. The number of nitrogens with one attached hydrogen (secondary N) is 1. The van der Waals surface area contributed by atoms with Gasteiger partial charge in [0, 0.05) is 29.5 Å². The fraction of sp³-hybridized carbons (Fsp3) is 0.292. The molecule has 0 radical (unpaired) electrons. The maximum atomic E-state index is 14.2. The minimum atomic E-state index is -0.649. The van der Waals surface area contributed by atoms with E-state index in [0.29, 0.717) is 17.0 Å². The lowest BCUT2D eigenvalue weighted by molar-refractivity contribution is -0.122. The van der Waals surface area contributed by atoms with Gasteiger partial charge in [0.1, 0.15) is 11.9 Å². The maximum Gasteiger partial charge on any atom is 0.324 e. The lowest BCUT2D eigenvalue weighted by Gasteiger charge is -2.30. The zero-order valence-electron chi connectivity index (χ0n) is 17.8. The zero-order valence-corrected chi connectivity index (χ0v) is 17.8. The first-order chi connectivity index (χ1) is 14.8. The smallest absolute Gasteiger partial charge is 0.324 e. The molecule has 1 saturated heterocycles. The highest BCUT2D eigenvalue weighted by atomic mass is 19.1. The average Bonchev–Trinajstić information content (AvgIpc) is 3.00. The van der Waals surface area contributed by atoms with Crippen LogP contribution in [0.1, 0.15) is 25.3 Å². The van der Waals surface area contributed by atoms with Crippen LogP contribution in [0.25, 0.3) is 22.0 Å². The Morgan fingerprint density at radius 1 is 1.13 bits per heavy atom. The molecule has 6 nitrogen and oxygen atoms in total. The van der Waals surface area contributed by atoms with Gasteiger partial charge in [0.25, 0.3) is 5.91 Å². The van der Waals surface area contributed by atoms with Gasteiger partial charge in [-0.2, -0.15) is 0 Å². The van der Waals surface area contributed by atoms with Crippen LogP contribution in [0, 0.1) is 11.7 Å². The number of rotatable bonds is 5. The van der Waals surface area contributed by atoms with Crippen LogP contribution in [-0.2, 0) is 4.79 Å². The molecular weight excluding hydrogens is 397 g/mol. The van der Waals surface area contributed by atoms with Gasteiger partial charge < -0.3 is 9.64 Å². The third-order valence-electron chi connectivity index (χ3n) is 5.86. The fourth-order valence-electron chi connectivity index (χ4n) is 4.29. The SMILES string of the molecule is COc1nc(-c2ccc3cccc(F)c3c2)ccc1C(C(C)C)C1C(=O)NC(=O)N1C. The highest BCUT2D eigenvalue weighted by Gasteiger charge is 2.44. The molecule has 1 N–H and O–H groups in total. The highest BCUT2D eigenvalue weighted by Crippen LogP contribution is 2.38. The number of aromatic nitrogens is 1. The summed E-state index contributed by atoms with van der Waals surface area (Å²) < 4.78 is 19.8. The van der Waals surface area contributed by atoms with Crippen LogP contribution in [0.15, 0.2) is 48.5 Å². The largest absolute Gasteiger partial charge is 0.481 e. The van der Waals surface area contributed by atoms with Gasteiger partial charge >= 0.3 is 6.03 Å². The summed E-state index contributed by atoms with van der Waals surface area (Å²) in [5.74, 6) is -0.502. The molecule has 160 valence electrons. The lowest BCUT2D eigenvalue weighted by atomic mass is 9.82. The Balaban J connectivity index is 1.78. The standard InChI is InChI=1S/C24H24FN3O3/c1-13(2)20(21-22(29)27-24(30)28(21)3)16-10-11-19(26-23(16)31-4)15-9-8-14-6-5-7-18(25)17(14)12-15/h5-13,20-21H,1-4H3,(H,27,29,30). The van der Waals surface area contributed by atoms with E-state index in [1.807, 2.05) is 44.2 Å². The quantitative estimate of drug-likeness (QED) is 0.622. The van der Waals surface area contributed by atoms with Gasteiger partial charge in [-0.1, -0.05) is 44.2 Å². The van der Waals surface area contributed by atoms with Crippen molar-refractivity contribution in [1.82, 2.24) is 15.2 Å². The second kappa shape index (κ2) is 7.98. The van der Waals surface area contributed by atoms with E-state index in [4.69, 9.17) is 4.74 Å². The Labute approximate surface area is 180 Å². The zero-order chi connectivity index (χ0) is 22.3. The summed E-state index contributed by atoms with van der Waals surface area (Å²) in [6, 6.07) is 13.1. The van der Waals surface area contributed by atoms with E-state index in [1.165, 1.54) is 18.1 Å². The third-order valence-corrected chi connectivity index (χ3v) is 5.86. The molecule has 31 heavy (non-hydrogen) atoms. The van der Waals surface area contributed by atoms with Gasteiger partial charge in [-0.15, -0.1) is 0 Å². The number of amides is 3. The number of carbonyl (C=O) groups excluding carboxylic acids is 2. The molecule has 0 bridgehead atoms. The van der Waals surface area contributed by atoms with Crippen LogP contribution in [0.2, 0.25) is 0 Å². The molecule has 0 saturated carbocycles. The fourth-order valence-corrected chi connectivity index (χ4v) is 4.29. The molecule has 2 unspecified atom stereocenters. The number of hydrogen-bond acceptors (Lipinski definition) is 4. The van der Waals surface area contributed by atoms with E-state index in [-0.39, 0.29) is 23.6 Å². The Morgan fingerprint density at radius 2 is 1.90 bits per heavy atom. The summed E-state index contributed by atoms with van der Waals surface area (Å²) in [5, 5.41) is 3.70. The van der Waals surface area contributed by atoms with Crippen molar-refractivity contribution < 1.29 is 18.7 Å². The second-order valence-corrected chi connectivity index (χ2v) is 8.09. The molecule has 2 atom stereocenters. The molecule has 0 aliphatic carbocycles. The van der Waals surface area contributed by atoms with E-state index < -0.39 is 12.1 Å². The van der Waals surface area contributed by atoms with Crippen molar-refractivity contribution >= 4 is 22.7 Å². The molecule has 1 aliphatic heterocycles. The Bertz CT molecular complexity index is 1180. The molecule has 1 aromatic heterocycles. The number of halogens is 1. The predicted molar refractivity (Wildman–Crippen MR) is 116 cm³/mol. The number of nitrogens with zero attached hydrogens (tertiary/aromatic N) is 2. The van der Waals surface area contributed by atoms with Crippen molar-refractivity contribution in [2.45, 2.75) is 25.8 Å². The maximum absolute atomic E-state index is 14.2. The topological polar surface area (TPSA) is 71.5 Å². The van der Waals surface area contributed by atoms with Gasteiger partial charge in [0.05, 0.1) is 12.8 Å². The Morgan fingerprint density at radius 3 is 2.55 bits per heavy atom. The third kappa shape index (κ3) is 3.60. The predicted octanol–water partition coefficient (Wildman–Crippen LogP) is 4.34. The minimum Gasteiger partial charge on any atom is -0.481 e. The van der Waals surface area contributed by atoms with E-state index in [2.05, 4.69) is 10.3 Å². The summed E-state index contributed by atoms with van der Waals surface area (Å²) in [6.45, 7) is 3.99. The van der Waals surface area contributed by atoms with E-state index in [9.17, 15) is 14.0 Å². The van der Waals surface area contributed by atoms with Gasteiger partial charge in [-0.05, 0) is 29.5 Å². The summed E-state index contributed by atoms with van der Waals surface area (Å²) in [5.41, 5.74) is 2.14. The van der Waals surface area contributed by atoms with E-state index >= 15 is 0 Å². The van der Waals surface area contributed by atoms with Crippen LogP contribution >= 0.6 is 0 Å². The molecular formula is C24H24FN3O3. The Kier molecular flexibility index (Phi) is 5.35. The van der Waals surface area contributed by atoms with Crippen molar-refractivity contribution in [2.75, 3.05) is 14.2 Å². The van der Waals surface area contributed by atoms with Gasteiger partial charge in [0.15, 0.2) is 0 Å². The average molecular weight is 421 g/mol. The molecule has 3 amide bonds. The number of fused-ring (bicyclic) bond motifs is 1. The van der Waals surface area contributed by atoms with Crippen LogP contribution in [0.3, 0.4) is 0 Å². The summed E-state index contributed by atoms with van der Waals surface area (Å²) in [4.78, 5) is 30.6. The molecule has 4 rings (SSSR count). The van der Waals surface area contributed by atoms with Crippen LogP contribution in [0.4, 0.5) is 9.18 Å². The molecule has 2 heterocycles. The first-order valence-electron chi connectivity index (χ1n) is 10.1. The number of methoxy groups -OCH3 is 1. The Hall–Kier alpha value is -3.48. The lowest BCUT2D eigenvalue weighted by Crippen LogP contribution is -2.39. The first-order valence-corrected chi connectivity index (χ1v) is 10.1. The van der Waals surface area contributed by atoms with Crippen LogP contribution in [-0.4, -0.2) is 42.0 Å². The van der Waals surface area contributed by atoms with Gasteiger partial charge in [-0.25, -0.2) is 14.2 Å². The number of carbonyl (C=O) groups is 2. The van der Waals surface area contributed by atoms with Crippen molar-refractivity contribution in [3.05, 3.63) is 59.9 Å². The molecule has 0 spiro atoms. The highest BCUT2D eigenvalue weighted by molar-refractivity contribution is 6.04. The molecule has 7 heteroatoms. The number of hydrogen-bond donors (Lipinski definition) is 1. The van der Waals surface area contributed by atoms with Crippen molar-refractivity contribution in [1.29, 1.82) is 0 Å². The monoisotopic (exact) mass is 421 g/mol. The number of benzene rings is 2. The van der Waals surface area contributed by atoms with Gasteiger partial charge in [-0.3, -0.25) is 10.1 Å². The molecule has 2 aromatic carbocycles. The molecule has 1 aliphatic rings. The second-order valence-electron chi connectivity index (χ2n) is 8.09. The normalized spacial score (nSPS) is 17.4. The number of imide groups is 1. The first kappa shape index (κ1) is 20.8. The van der Waals surface area contributed by atoms with Gasteiger partial charge in [0.2, 0.25) is 5.88 Å². The van der Waals surface area contributed by atoms with E-state index in [1.54, 1.807) is 19.2 Å². The number of pyridine rings is 1. The number of urea groups is 1. The summed E-state index contributed by atoms with van der Waals surface area (Å²) in [6.07, 6.45) is 0. The van der Waals surface area contributed by atoms with Crippen LogP contribution in [0.5, 0.6) is 5.88 Å². The summed E-state index contributed by atoms with van der Waals surface area (Å²) >= 11 is 0. The van der Waals surface area contributed by atoms with Crippen molar-refractivity contribution in [3.8, 4) is 17.1 Å². The van der Waals surface area contributed by atoms with Crippen molar-refractivity contribution in [3.63, 3.8) is 0 Å². The molecule has 1 fully saturated rings. The number of likely N-dealkylation sites (N-methyl/N-ethyl adjacent to an activating group) is 1. The van der Waals surface area contributed by atoms with Crippen LogP contribution < -0.4 is 10.1 Å². The summed E-state index contributed by atoms with van der Waals surface area (Å²) in [7, 11) is 3.13. The van der Waals surface area contributed by atoms with E-state index in [0.717, 1.165) is 16.5 Å².